The van der Waals surface area contributed by atoms with Crippen molar-refractivity contribution in [2.45, 2.75) is 39.7 Å². The molecule has 0 atom stereocenters. The molecule has 0 bridgehead atoms. The van der Waals surface area contributed by atoms with Gasteiger partial charge in [0.05, 0.1) is 0 Å². The topological polar surface area (TPSA) is 29.1 Å². The van der Waals surface area contributed by atoms with Crippen molar-refractivity contribution < 1.29 is 4.79 Å². The van der Waals surface area contributed by atoms with Crippen molar-refractivity contribution in [2.75, 3.05) is 5.32 Å². The molecule has 2 aromatic rings. The lowest BCUT2D eigenvalue weighted by molar-refractivity contribution is 0.0988. The molecule has 0 heterocycles. The third kappa shape index (κ3) is 4.19. The third-order valence-electron chi connectivity index (χ3n) is 3.67. The van der Waals surface area contributed by atoms with Crippen LogP contribution in [0.1, 0.15) is 54.6 Å². The molecule has 0 saturated carbocycles. The van der Waals surface area contributed by atoms with Crippen LogP contribution in [0.4, 0.5) is 5.69 Å². The summed E-state index contributed by atoms with van der Waals surface area (Å²) < 4.78 is 0. The van der Waals surface area contributed by atoms with Gasteiger partial charge in [-0.1, -0.05) is 45.0 Å². The van der Waals surface area contributed by atoms with E-state index in [0.29, 0.717) is 12.3 Å². The Morgan fingerprint density at radius 3 is 2.14 bits per heavy atom. The SMILES string of the molecule is CCC(=O)c1ccc(NCc2ccc(C(C)C)cc2)cc1. The number of benzene rings is 2. The first kappa shape index (κ1) is 15.3. The molecule has 2 rings (SSSR count). The highest BCUT2D eigenvalue weighted by Gasteiger charge is 2.02. The molecule has 0 aromatic heterocycles. The molecule has 110 valence electrons. The number of rotatable bonds is 6. The zero-order valence-corrected chi connectivity index (χ0v) is 13.0. The maximum atomic E-state index is 11.6. The first-order valence-corrected chi connectivity index (χ1v) is 7.56. The number of anilines is 1. The van der Waals surface area contributed by atoms with Gasteiger partial charge >= 0.3 is 0 Å². The van der Waals surface area contributed by atoms with Crippen LogP contribution in [0.2, 0.25) is 0 Å². The number of ketones is 1. The molecule has 0 aliphatic heterocycles. The molecule has 0 aliphatic carbocycles. The fourth-order valence-corrected chi connectivity index (χ4v) is 2.20. The van der Waals surface area contributed by atoms with E-state index in [9.17, 15) is 4.79 Å². The van der Waals surface area contributed by atoms with E-state index in [4.69, 9.17) is 0 Å². The zero-order chi connectivity index (χ0) is 15.2. The van der Waals surface area contributed by atoms with Crippen LogP contribution >= 0.6 is 0 Å². The monoisotopic (exact) mass is 281 g/mol. The third-order valence-corrected chi connectivity index (χ3v) is 3.67. The molecule has 0 aliphatic rings. The second-order valence-electron chi connectivity index (χ2n) is 5.60. The maximum absolute atomic E-state index is 11.6. The van der Waals surface area contributed by atoms with Crippen molar-refractivity contribution in [3.05, 3.63) is 65.2 Å². The molecule has 0 amide bonds. The fraction of sp³-hybridized carbons (Fsp3) is 0.316. The Morgan fingerprint density at radius 2 is 1.62 bits per heavy atom. The summed E-state index contributed by atoms with van der Waals surface area (Å²) in [5.74, 6) is 0.751. The molecule has 0 radical (unpaired) electrons. The van der Waals surface area contributed by atoms with Crippen LogP contribution in [0, 0.1) is 0 Å². The maximum Gasteiger partial charge on any atom is 0.162 e. The van der Waals surface area contributed by atoms with Crippen LogP contribution in [0.25, 0.3) is 0 Å². The van der Waals surface area contributed by atoms with Gasteiger partial charge in [0.25, 0.3) is 0 Å². The van der Waals surface area contributed by atoms with Crippen molar-refractivity contribution in [3.63, 3.8) is 0 Å². The molecule has 0 spiro atoms. The predicted molar refractivity (Wildman–Crippen MR) is 88.9 cm³/mol. The largest absolute Gasteiger partial charge is 0.381 e. The lowest BCUT2D eigenvalue weighted by atomic mass is 10.0. The second kappa shape index (κ2) is 7.07. The van der Waals surface area contributed by atoms with Gasteiger partial charge in [0.1, 0.15) is 0 Å². The zero-order valence-electron chi connectivity index (χ0n) is 13.0. The van der Waals surface area contributed by atoms with Gasteiger partial charge in [-0.2, -0.15) is 0 Å². The minimum atomic E-state index is 0.186. The number of hydrogen-bond donors (Lipinski definition) is 1. The summed E-state index contributed by atoms with van der Waals surface area (Å²) in [7, 11) is 0. The van der Waals surface area contributed by atoms with Gasteiger partial charge in [-0.05, 0) is 41.3 Å². The molecule has 2 nitrogen and oxygen atoms in total. The molecule has 2 heteroatoms. The van der Waals surface area contributed by atoms with E-state index in [1.54, 1.807) is 0 Å². The van der Waals surface area contributed by atoms with Gasteiger partial charge in [0.15, 0.2) is 5.78 Å². The van der Waals surface area contributed by atoms with Crippen LogP contribution in [-0.4, -0.2) is 5.78 Å². The van der Waals surface area contributed by atoms with Gasteiger partial charge in [-0.15, -0.1) is 0 Å². The standard InChI is InChI=1S/C19H23NO/c1-4-19(21)17-9-11-18(12-10-17)20-13-15-5-7-16(8-6-15)14(2)3/h5-12,14,20H,4,13H2,1-3H3. The predicted octanol–water partition coefficient (Wildman–Crippen LogP) is 5.01. The molecule has 0 saturated heterocycles. The lowest BCUT2D eigenvalue weighted by Gasteiger charge is -2.09. The number of nitrogens with one attached hydrogen (secondary N) is 1. The summed E-state index contributed by atoms with van der Waals surface area (Å²) >= 11 is 0. The Balaban J connectivity index is 1.95. The molecular formula is C19H23NO. The normalized spacial score (nSPS) is 10.7. The molecule has 0 fully saturated rings. The van der Waals surface area contributed by atoms with E-state index in [0.717, 1.165) is 17.8 Å². The highest BCUT2D eigenvalue weighted by atomic mass is 16.1. The highest BCUT2D eigenvalue weighted by Crippen LogP contribution is 2.16. The Hall–Kier alpha value is -2.09. The number of hydrogen-bond acceptors (Lipinski definition) is 2. The molecule has 21 heavy (non-hydrogen) atoms. The summed E-state index contributed by atoms with van der Waals surface area (Å²) in [5, 5.41) is 3.38. The van der Waals surface area contributed by atoms with Gasteiger partial charge in [-0.3, -0.25) is 4.79 Å². The van der Waals surface area contributed by atoms with Gasteiger partial charge in [0, 0.05) is 24.2 Å². The first-order valence-electron chi connectivity index (χ1n) is 7.56. The van der Waals surface area contributed by atoms with Crippen LogP contribution in [0.5, 0.6) is 0 Å². The Bertz CT molecular complexity index is 582. The highest BCUT2D eigenvalue weighted by molar-refractivity contribution is 5.96. The van der Waals surface area contributed by atoms with Crippen molar-refractivity contribution in [1.82, 2.24) is 0 Å². The molecule has 2 aromatic carbocycles. The summed E-state index contributed by atoms with van der Waals surface area (Å²) in [4.78, 5) is 11.6. The van der Waals surface area contributed by atoms with Crippen LogP contribution in [-0.2, 0) is 6.54 Å². The van der Waals surface area contributed by atoms with Crippen LogP contribution in [0.15, 0.2) is 48.5 Å². The number of carbonyl (C=O) groups excluding carboxylic acids is 1. The summed E-state index contributed by atoms with van der Waals surface area (Å²) in [6, 6.07) is 16.4. The van der Waals surface area contributed by atoms with Crippen molar-refractivity contribution in [3.8, 4) is 0 Å². The Labute approximate surface area is 127 Å². The van der Waals surface area contributed by atoms with E-state index in [1.165, 1.54) is 11.1 Å². The minimum Gasteiger partial charge on any atom is -0.381 e. The average molecular weight is 281 g/mol. The first-order chi connectivity index (χ1) is 10.1. The Kier molecular flexibility index (Phi) is 5.15. The van der Waals surface area contributed by atoms with E-state index >= 15 is 0 Å². The van der Waals surface area contributed by atoms with Gasteiger partial charge in [-0.25, -0.2) is 0 Å². The number of carbonyl (C=O) groups is 1. The van der Waals surface area contributed by atoms with Crippen molar-refractivity contribution in [1.29, 1.82) is 0 Å². The van der Waals surface area contributed by atoms with Crippen LogP contribution in [0.3, 0.4) is 0 Å². The Morgan fingerprint density at radius 1 is 1.00 bits per heavy atom. The molecule has 0 unspecified atom stereocenters. The second-order valence-corrected chi connectivity index (χ2v) is 5.60. The summed E-state index contributed by atoms with van der Waals surface area (Å²) in [6.45, 7) is 7.08. The molecule has 1 N–H and O–H groups in total. The van der Waals surface area contributed by atoms with Crippen LogP contribution < -0.4 is 5.32 Å². The fourth-order valence-electron chi connectivity index (χ4n) is 2.20. The minimum absolute atomic E-state index is 0.186. The van der Waals surface area contributed by atoms with E-state index in [-0.39, 0.29) is 5.78 Å². The van der Waals surface area contributed by atoms with Gasteiger partial charge < -0.3 is 5.32 Å². The van der Waals surface area contributed by atoms with E-state index in [2.05, 4.69) is 43.4 Å². The van der Waals surface area contributed by atoms with E-state index < -0.39 is 0 Å². The average Bonchev–Trinajstić information content (AvgIpc) is 2.53. The van der Waals surface area contributed by atoms with Crippen molar-refractivity contribution >= 4 is 11.5 Å². The number of Topliss-reactive ketones (excluding diaryl/α,β-unsaturated/α-hetero) is 1. The molecular weight excluding hydrogens is 258 g/mol. The smallest absolute Gasteiger partial charge is 0.162 e. The van der Waals surface area contributed by atoms with Crippen molar-refractivity contribution in [2.24, 2.45) is 0 Å². The summed E-state index contributed by atoms with van der Waals surface area (Å²) in [5.41, 5.74) is 4.44. The lowest BCUT2D eigenvalue weighted by Crippen LogP contribution is -2.01. The van der Waals surface area contributed by atoms with Gasteiger partial charge in [0.2, 0.25) is 0 Å². The summed E-state index contributed by atoms with van der Waals surface area (Å²) in [6.07, 6.45) is 0.551. The quantitative estimate of drug-likeness (QED) is 0.754. The van der Waals surface area contributed by atoms with E-state index in [1.807, 2.05) is 31.2 Å².